The summed E-state index contributed by atoms with van der Waals surface area (Å²) in [6, 6.07) is -0.0612. The van der Waals surface area contributed by atoms with Gasteiger partial charge in [0.1, 0.15) is 5.56 Å². The normalized spacial score (nSPS) is 17.9. The second-order valence-electron chi connectivity index (χ2n) is 8.22. The van der Waals surface area contributed by atoms with Gasteiger partial charge in [-0.3, -0.25) is 19.4 Å². The van der Waals surface area contributed by atoms with Crippen molar-refractivity contribution in [2.45, 2.75) is 18.9 Å². The number of pyridine rings is 1. The first-order chi connectivity index (χ1) is 14.3. The van der Waals surface area contributed by atoms with Gasteiger partial charge in [-0.05, 0) is 19.9 Å². The predicted octanol–water partition coefficient (Wildman–Crippen LogP) is 1.11. The van der Waals surface area contributed by atoms with Gasteiger partial charge in [0.05, 0.1) is 27.5 Å². The number of nitrogens with one attached hydrogen (secondary N) is 1. The molecule has 1 aliphatic carbocycles. The van der Waals surface area contributed by atoms with Crippen LogP contribution in [0.25, 0.3) is 21.8 Å². The van der Waals surface area contributed by atoms with E-state index in [1.807, 2.05) is 11.9 Å². The third kappa shape index (κ3) is 2.59. The molecule has 0 bridgehead atoms. The Hall–Kier alpha value is -3.14. The van der Waals surface area contributed by atoms with Crippen molar-refractivity contribution >= 4 is 33.5 Å². The average molecular weight is 415 g/mol. The molecule has 0 radical (unpaired) electrons. The molecule has 30 heavy (non-hydrogen) atoms. The van der Waals surface area contributed by atoms with Crippen LogP contribution in [0.4, 0.5) is 10.1 Å². The van der Waals surface area contributed by atoms with E-state index < -0.39 is 28.3 Å². The highest BCUT2D eigenvalue weighted by Gasteiger charge is 2.33. The number of piperazine rings is 1. The van der Waals surface area contributed by atoms with E-state index in [1.54, 1.807) is 4.57 Å². The highest BCUT2D eigenvalue weighted by molar-refractivity contribution is 6.11. The summed E-state index contributed by atoms with van der Waals surface area (Å²) in [7, 11) is 3.48. The zero-order chi connectivity index (χ0) is 21.3. The summed E-state index contributed by atoms with van der Waals surface area (Å²) in [5.74, 6) is -2.01. The number of aryl methyl sites for hydroxylation is 1. The van der Waals surface area contributed by atoms with E-state index in [9.17, 15) is 19.5 Å². The third-order valence-corrected chi connectivity index (χ3v) is 6.18. The van der Waals surface area contributed by atoms with Crippen LogP contribution in [0.15, 0.2) is 15.8 Å². The molecule has 0 spiro atoms. The molecule has 9 nitrogen and oxygen atoms in total. The Morgan fingerprint density at radius 2 is 1.80 bits per heavy atom. The number of aromatic carboxylic acids is 1. The van der Waals surface area contributed by atoms with E-state index >= 15 is 4.39 Å². The standard InChI is InChI=1S/C20H22FN5O4/c1-23-5-7-25(8-6-23)16-13-15(22-24(2)19(13)28)12-17(14(16)21)26(10-3-4-10)9-11(18(12)27)20(29)30/h9-10,22H,3-8H2,1-2H3,(H,29,30). The fourth-order valence-electron chi connectivity index (χ4n) is 4.38. The van der Waals surface area contributed by atoms with Crippen LogP contribution >= 0.6 is 0 Å². The molecule has 5 rings (SSSR count). The molecule has 0 atom stereocenters. The van der Waals surface area contributed by atoms with Gasteiger partial charge in [0.25, 0.3) is 5.56 Å². The summed E-state index contributed by atoms with van der Waals surface area (Å²) in [4.78, 5) is 41.7. The van der Waals surface area contributed by atoms with Crippen LogP contribution in [-0.2, 0) is 7.05 Å². The van der Waals surface area contributed by atoms with Crippen LogP contribution in [-0.4, -0.2) is 63.6 Å². The number of aromatic nitrogens is 3. The number of aromatic amines is 1. The fourth-order valence-corrected chi connectivity index (χ4v) is 4.38. The van der Waals surface area contributed by atoms with E-state index in [1.165, 1.54) is 17.9 Å². The first-order valence-corrected chi connectivity index (χ1v) is 9.95. The van der Waals surface area contributed by atoms with Crippen LogP contribution in [0.1, 0.15) is 29.2 Å². The molecule has 2 aliphatic rings. The number of carboxylic acids is 1. The monoisotopic (exact) mass is 415 g/mol. The maximum atomic E-state index is 16.1. The average Bonchev–Trinajstić information content (AvgIpc) is 3.50. The first kappa shape index (κ1) is 18.9. The number of likely N-dealkylation sites (N-methyl/N-ethyl adjacent to an activating group) is 1. The molecule has 10 heteroatoms. The Kier molecular flexibility index (Phi) is 4.04. The molecule has 0 unspecified atom stereocenters. The van der Waals surface area contributed by atoms with Crippen LogP contribution < -0.4 is 15.9 Å². The van der Waals surface area contributed by atoms with Gasteiger partial charge < -0.3 is 19.5 Å². The Bertz CT molecular complexity index is 1330. The summed E-state index contributed by atoms with van der Waals surface area (Å²) in [6.45, 7) is 2.53. The topological polar surface area (TPSA) is 104 Å². The van der Waals surface area contributed by atoms with Crippen molar-refractivity contribution in [2.75, 3.05) is 38.1 Å². The van der Waals surface area contributed by atoms with Gasteiger partial charge >= 0.3 is 5.97 Å². The van der Waals surface area contributed by atoms with Crippen molar-refractivity contribution in [3.05, 3.63) is 38.2 Å². The van der Waals surface area contributed by atoms with Crippen molar-refractivity contribution in [3.63, 3.8) is 0 Å². The molecule has 2 N–H and O–H groups in total. The number of H-pyrrole nitrogens is 1. The number of rotatable bonds is 3. The zero-order valence-electron chi connectivity index (χ0n) is 16.7. The van der Waals surface area contributed by atoms with Gasteiger partial charge in [-0.15, -0.1) is 0 Å². The summed E-state index contributed by atoms with van der Waals surface area (Å²) in [5, 5.41) is 12.4. The van der Waals surface area contributed by atoms with Crippen LogP contribution in [0, 0.1) is 5.82 Å². The lowest BCUT2D eigenvalue weighted by Gasteiger charge is -2.34. The second-order valence-corrected chi connectivity index (χ2v) is 8.22. The van der Waals surface area contributed by atoms with Gasteiger partial charge in [0.15, 0.2) is 5.82 Å². The summed E-state index contributed by atoms with van der Waals surface area (Å²) >= 11 is 0. The molecule has 3 aromatic rings. The molecule has 1 saturated carbocycles. The van der Waals surface area contributed by atoms with E-state index in [2.05, 4.69) is 10.00 Å². The second kappa shape index (κ2) is 6.43. The van der Waals surface area contributed by atoms with E-state index in [-0.39, 0.29) is 33.5 Å². The highest BCUT2D eigenvalue weighted by Crippen LogP contribution is 2.41. The van der Waals surface area contributed by atoms with Crippen LogP contribution in [0.2, 0.25) is 0 Å². The quantitative estimate of drug-likeness (QED) is 0.664. The van der Waals surface area contributed by atoms with Crippen molar-refractivity contribution in [2.24, 2.45) is 7.05 Å². The van der Waals surface area contributed by atoms with Gasteiger partial charge in [-0.2, -0.15) is 0 Å². The van der Waals surface area contributed by atoms with Crippen molar-refractivity contribution in [1.29, 1.82) is 0 Å². The molecule has 1 aliphatic heterocycles. The minimum absolute atomic E-state index is 0.0612. The van der Waals surface area contributed by atoms with E-state index in [0.717, 1.165) is 25.9 Å². The fraction of sp³-hybridized carbons (Fsp3) is 0.450. The van der Waals surface area contributed by atoms with Gasteiger partial charge in [-0.25, -0.2) is 9.18 Å². The Morgan fingerprint density at radius 3 is 2.40 bits per heavy atom. The zero-order valence-corrected chi connectivity index (χ0v) is 16.7. The van der Waals surface area contributed by atoms with Crippen molar-refractivity contribution in [3.8, 4) is 0 Å². The maximum Gasteiger partial charge on any atom is 0.341 e. The minimum atomic E-state index is -1.37. The van der Waals surface area contributed by atoms with Crippen molar-refractivity contribution in [1.82, 2.24) is 19.2 Å². The number of carbonyl (C=O) groups is 1. The highest BCUT2D eigenvalue weighted by atomic mass is 19.1. The molecule has 2 fully saturated rings. The number of hydrogen-bond acceptors (Lipinski definition) is 5. The number of anilines is 1. The van der Waals surface area contributed by atoms with Gasteiger partial charge in [0, 0.05) is 45.5 Å². The summed E-state index contributed by atoms with van der Waals surface area (Å²) in [5.41, 5.74) is -1.22. The van der Waals surface area contributed by atoms with Gasteiger partial charge in [-0.1, -0.05) is 0 Å². The predicted molar refractivity (Wildman–Crippen MR) is 110 cm³/mol. The number of carboxylic acid groups (broad SMARTS) is 1. The molecule has 158 valence electrons. The molecule has 1 aromatic carbocycles. The van der Waals surface area contributed by atoms with Crippen LogP contribution in [0.5, 0.6) is 0 Å². The smallest absolute Gasteiger partial charge is 0.341 e. The summed E-state index contributed by atoms with van der Waals surface area (Å²) in [6.07, 6.45) is 2.81. The Labute approximate surface area is 169 Å². The molecule has 0 amide bonds. The largest absolute Gasteiger partial charge is 0.477 e. The Balaban J connectivity index is 1.96. The lowest BCUT2D eigenvalue weighted by atomic mass is 10.0. The molecular formula is C20H22FN5O4. The molecule has 1 saturated heterocycles. The van der Waals surface area contributed by atoms with Crippen molar-refractivity contribution < 1.29 is 14.3 Å². The molecular weight excluding hydrogens is 393 g/mol. The SMILES string of the molecule is CN1CCN(c2c(F)c3c(c(=O)c(C(=O)O)cn3C3CC3)c3[nH]n(C)c(=O)c23)CC1. The Morgan fingerprint density at radius 1 is 1.13 bits per heavy atom. The molecule has 2 aromatic heterocycles. The maximum absolute atomic E-state index is 16.1. The van der Waals surface area contributed by atoms with Gasteiger partial charge in [0.2, 0.25) is 5.43 Å². The summed E-state index contributed by atoms with van der Waals surface area (Å²) < 4.78 is 18.9. The lowest BCUT2D eigenvalue weighted by molar-refractivity contribution is 0.0695. The number of fused-ring (bicyclic) bond motifs is 3. The number of nitrogens with zero attached hydrogens (tertiary/aromatic N) is 4. The first-order valence-electron chi connectivity index (χ1n) is 9.95. The van der Waals surface area contributed by atoms with E-state index in [4.69, 9.17) is 0 Å². The lowest BCUT2D eigenvalue weighted by Crippen LogP contribution is -2.45. The number of halogens is 1. The van der Waals surface area contributed by atoms with Crippen LogP contribution in [0.3, 0.4) is 0 Å². The number of hydrogen-bond donors (Lipinski definition) is 2. The minimum Gasteiger partial charge on any atom is -0.477 e. The third-order valence-electron chi connectivity index (χ3n) is 6.18. The number of benzene rings is 1. The van der Waals surface area contributed by atoms with E-state index in [0.29, 0.717) is 13.1 Å². The molecule has 3 heterocycles.